The lowest BCUT2D eigenvalue weighted by molar-refractivity contribution is 1.18. The Bertz CT molecular complexity index is 347. The number of anilines is 2. The number of rotatable bonds is 5. The zero-order valence-electron chi connectivity index (χ0n) is 9.85. The van der Waals surface area contributed by atoms with Crippen molar-refractivity contribution < 1.29 is 0 Å². The lowest BCUT2D eigenvalue weighted by atomic mass is 10.1. The van der Waals surface area contributed by atoms with Crippen molar-refractivity contribution in [1.82, 2.24) is 0 Å². The first-order valence-corrected chi connectivity index (χ1v) is 6.47. The third-order valence-electron chi connectivity index (χ3n) is 2.25. The Labute approximate surface area is 95.2 Å². The maximum atomic E-state index is 4.06. The summed E-state index contributed by atoms with van der Waals surface area (Å²) in [6, 6.07) is 6.32. The number of benzene rings is 1. The topological polar surface area (TPSA) is 24.1 Å². The zero-order valence-corrected chi connectivity index (χ0v) is 11.9. The van der Waals surface area contributed by atoms with Crippen molar-refractivity contribution in [3.8, 4) is 0 Å². The van der Waals surface area contributed by atoms with Crippen LogP contribution in [0.2, 0.25) is 0 Å². The summed E-state index contributed by atoms with van der Waals surface area (Å²) in [5, 5.41) is 8.01. The Morgan fingerprint density at radius 1 is 1.27 bits per heavy atom. The van der Waals surface area contributed by atoms with Crippen LogP contribution in [0.3, 0.4) is 0 Å². The molecule has 0 saturated carbocycles. The van der Waals surface area contributed by atoms with Crippen molar-refractivity contribution in [3.63, 3.8) is 0 Å². The number of hydrogen-bond donors (Lipinski definition) is 2. The molecule has 0 fully saturated rings. The Morgan fingerprint density at radius 3 is 2.47 bits per heavy atom. The normalized spacial score (nSPS) is 10.0. The minimum absolute atomic E-state index is 0.935. The maximum Gasteiger partial charge on any atom is 0.0647 e. The van der Waals surface area contributed by atoms with Gasteiger partial charge in [-0.25, -0.2) is 0 Å². The fourth-order valence-electron chi connectivity index (χ4n) is 1.61. The highest BCUT2D eigenvalue weighted by Crippen LogP contribution is 2.29. The van der Waals surface area contributed by atoms with Gasteiger partial charge in [0.05, 0.1) is 11.4 Å². The third-order valence-corrected chi connectivity index (χ3v) is 2.78. The summed E-state index contributed by atoms with van der Waals surface area (Å²) in [4.78, 5) is 0. The van der Waals surface area contributed by atoms with Crippen LogP contribution in [0.5, 0.6) is 0 Å². The van der Waals surface area contributed by atoms with Gasteiger partial charge in [0.15, 0.2) is 0 Å². The van der Waals surface area contributed by atoms with Crippen LogP contribution < -0.4 is 10.6 Å². The second-order valence-corrected chi connectivity index (χ2v) is 4.78. The second-order valence-electron chi connectivity index (χ2n) is 3.57. The van der Waals surface area contributed by atoms with Crippen molar-refractivity contribution in [2.75, 3.05) is 23.7 Å². The van der Waals surface area contributed by atoms with Gasteiger partial charge in [-0.3, -0.25) is 0 Å². The molecule has 0 aromatic heterocycles. The van der Waals surface area contributed by atoms with E-state index in [4.69, 9.17) is 0 Å². The van der Waals surface area contributed by atoms with Gasteiger partial charge in [0.1, 0.15) is 0 Å². The van der Waals surface area contributed by atoms with Gasteiger partial charge in [0.25, 0.3) is 0 Å². The van der Waals surface area contributed by atoms with Crippen LogP contribution in [0.25, 0.3) is 5.20 Å². The molecule has 3 heteroatoms. The fraction of sp³-hybridized carbons (Fsp3) is 0.333. The highest BCUT2D eigenvalue weighted by atomic mass is 28.1. The minimum atomic E-state index is 0.935. The average molecular weight is 220 g/mol. The molecule has 0 aliphatic heterocycles. The Balaban J connectivity index is 3.15. The zero-order chi connectivity index (χ0) is 11.3. The minimum Gasteiger partial charge on any atom is -0.384 e. The first-order chi connectivity index (χ1) is 7.20. The van der Waals surface area contributed by atoms with Gasteiger partial charge in [-0.05, 0) is 25.5 Å². The van der Waals surface area contributed by atoms with E-state index in [-0.39, 0.29) is 0 Å². The molecule has 2 nitrogen and oxygen atoms in total. The summed E-state index contributed by atoms with van der Waals surface area (Å²) in [7, 11) is 1.00. The summed E-state index contributed by atoms with van der Waals surface area (Å²) in [5.41, 5.74) is 3.62. The summed E-state index contributed by atoms with van der Waals surface area (Å²) < 4.78 is 0. The predicted octanol–water partition coefficient (Wildman–Crippen LogP) is 1.89. The van der Waals surface area contributed by atoms with E-state index in [9.17, 15) is 0 Å². The lowest BCUT2D eigenvalue weighted by Gasteiger charge is -2.16. The molecule has 0 radical (unpaired) electrons. The molecule has 0 aliphatic carbocycles. The van der Waals surface area contributed by atoms with E-state index in [0.717, 1.165) is 23.3 Å². The van der Waals surface area contributed by atoms with Crippen LogP contribution in [0.1, 0.15) is 19.4 Å². The van der Waals surface area contributed by atoms with Crippen molar-refractivity contribution >= 4 is 26.8 Å². The van der Waals surface area contributed by atoms with E-state index in [1.54, 1.807) is 0 Å². The maximum absolute atomic E-state index is 4.06. The van der Waals surface area contributed by atoms with Gasteiger partial charge in [-0.2, -0.15) is 0 Å². The fourth-order valence-corrected chi connectivity index (χ4v) is 2.03. The highest BCUT2D eigenvalue weighted by molar-refractivity contribution is 6.42. The molecule has 0 heterocycles. The molecule has 82 valence electrons. The second kappa shape index (κ2) is 5.61. The molecule has 1 rings (SSSR count). The standard InChI is InChI=1S/C12H20N2Si/c1-4-13-11-8-6-7-10(9(3)15)12(11)14-5-2/h6-8,13-14H,3-5H2,1-2,15H3. The van der Waals surface area contributed by atoms with E-state index >= 15 is 0 Å². The van der Waals surface area contributed by atoms with E-state index in [2.05, 4.69) is 49.3 Å². The van der Waals surface area contributed by atoms with Crippen molar-refractivity contribution in [2.24, 2.45) is 0 Å². The molecule has 0 amide bonds. The van der Waals surface area contributed by atoms with Gasteiger partial charge in [0, 0.05) is 23.3 Å². The van der Waals surface area contributed by atoms with Crippen LogP contribution in [-0.4, -0.2) is 23.3 Å². The molecule has 1 aromatic carbocycles. The SMILES string of the molecule is C=C([SiH3])c1cccc(NCC)c1NCC. The monoisotopic (exact) mass is 220 g/mol. The van der Waals surface area contributed by atoms with Crippen molar-refractivity contribution in [2.45, 2.75) is 13.8 Å². The van der Waals surface area contributed by atoms with Crippen LogP contribution in [0.15, 0.2) is 24.8 Å². The molecule has 15 heavy (non-hydrogen) atoms. The van der Waals surface area contributed by atoms with E-state index in [0.29, 0.717) is 0 Å². The first kappa shape index (κ1) is 11.8. The third kappa shape index (κ3) is 2.86. The van der Waals surface area contributed by atoms with Crippen LogP contribution in [-0.2, 0) is 0 Å². The van der Waals surface area contributed by atoms with Crippen molar-refractivity contribution in [1.29, 1.82) is 0 Å². The van der Waals surface area contributed by atoms with Crippen LogP contribution >= 0.6 is 0 Å². The molecule has 0 spiro atoms. The van der Waals surface area contributed by atoms with E-state index in [1.807, 2.05) is 0 Å². The molecule has 0 bridgehead atoms. The van der Waals surface area contributed by atoms with E-state index in [1.165, 1.54) is 22.1 Å². The van der Waals surface area contributed by atoms with E-state index < -0.39 is 0 Å². The first-order valence-electron chi connectivity index (χ1n) is 5.47. The Hall–Kier alpha value is -1.22. The van der Waals surface area contributed by atoms with Gasteiger partial charge >= 0.3 is 0 Å². The van der Waals surface area contributed by atoms with Crippen LogP contribution in [0.4, 0.5) is 11.4 Å². The Kier molecular flexibility index (Phi) is 4.43. The average Bonchev–Trinajstić information content (AvgIpc) is 2.21. The molecule has 0 saturated heterocycles. The molecule has 0 atom stereocenters. The predicted molar refractivity (Wildman–Crippen MR) is 73.7 cm³/mol. The number of hydrogen-bond acceptors (Lipinski definition) is 2. The summed E-state index contributed by atoms with van der Waals surface area (Å²) in [6.45, 7) is 10.2. The molecule has 2 N–H and O–H groups in total. The molecule has 1 aromatic rings. The number of nitrogens with one attached hydrogen (secondary N) is 2. The quantitative estimate of drug-likeness (QED) is 0.741. The van der Waals surface area contributed by atoms with Gasteiger partial charge < -0.3 is 10.6 Å². The van der Waals surface area contributed by atoms with Gasteiger partial charge in [0.2, 0.25) is 0 Å². The summed E-state index contributed by atoms with van der Waals surface area (Å²) >= 11 is 0. The Morgan fingerprint density at radius 2 is 1.93 bits per heavy atom. The van der Waals surface area contributed by atoms with Gasteiger partial charge in [-0.1, -0.05) is 17.3 Å². The highest BCUT2D eigenvalue weighted by Gasteiger charge is 2.06. The smallest absolute Gasteiger partial charge is 0.0647 e. The summed E-state index contributed by atoms with van der Waals surface area (Å²) in [6.07, 6.45) is 0. The largest absolute Gasteiger partial charge is 0.384 e. The summed E-state index contributed by atoms with van der Waals surface area (Å²) in [5.74, 6) is 0. The molecular weight excluding hydrogens is 200 g/mol. The lowest BCUT2D eigenvalue weighted by Crippen LogP contribution is -2.06. The molecular formula is C12H20N2Si. The number of para-hydroxylation sites is 1. The molecule has 0 unspecified atom stereocenters. The molecule has 0 aliphatic rings. The van der Waals surface area contributed by atoms with Crippen molar-refractivity contribution in [3.05, 3.63) is 30.3 Å². The van der Waals surface area contributed by atoms with Gasteiger partial charge in [-0.15, -0.1) is 6.58 Å². The van der Waals surface area contributed by atoms with Crippen LogP contribution in [0, 0.1) is 0 Å².